The fraction of sp³-hybridized carbons (Fsp3) is 0.500. The van der Waals surface area contributed by atoms with Gasteiger partial charge in [-0.2, -0.15) is 10.2 Å². The summed E-state index contributed by atoms with van der Waals surface area (Å²) in [6.45, 7) is 18.3. The van der Waals surface area contributed by atoms with E-state index in [9.17, 15) is 4.79 Å². The number of ether oxygens (including phenoxy) is 1. The number of nitrogens with zero attached hydrogens (tertiary/aromatic N) is 4. The van der Waals surface area contributed by atoms with Crippen LogP contribution in [0.4, 0.5) is 0 Å². The molecule has 0 aliphatic carbocycles. The van der Waals surface area contributed by atoms with Gasteiger partial charge < -0.3 is 4.74 Å². The van der Waals surface area contributed by atoms with Gasteiger partial charge in [0, 0.05) is 22.5 Å². The molecule has 0 spiro atoms. The van der Waals surface area contributed by atoms with Crippen molar-refractivity contribution in [3.8, 4) is 0 Å². The van der Waals surface area contributed by atoms with Gasteiger partial charge in [-0.15, -0.1) is 0 Å². The van der Waals surface area contributed by atoms with Gasteiger partial charge in [0.05, 0.1) is 29.3 Å². The summed E-state index contributed by atoms with van der Waals surface area (Å²) in [5.74, 6) is -0.318. The van der Waals surface area contributed by atoms with Crippen LogP contribution in [0, 0.1) is 20.8 Å². The minimum atomic E-state index is -0.318. The van der Waals surface area contributed by atoms with Crippen molar-refractivity contribution in [3.05, 3.63) is 46.5 Å². The third-order valence-corrected chi connectivity index (χ3v) is 4.74. The Bertz CT molecular complexity index is 917. The van der Waals surface area contributed by atoms with E-state index in [4.69, 9.17) is 14.9 Å². The number of carbonyl (C=O) groups is 1. The second-order valence-electron chi connectivity index (χ2n) is 8.11. The highest BCUT2D eigenvalue weighted by molar-refractivity contribution is 6.40. The van der Waals surface area contributed by atoms with E-state index < -0.39 is 0 Å². The molecule has 28 heavy (non-hydrogen) atoms. The molecule has 0 unspecified atom stereocenters. The number of aromatic nitrogens is 2. The van der Waals surface area contributed by atoms with Gasteiger partial charge in [-0.25, -0.2) is 14.1 Å². The van der Waals surface area contributed by atoms with Gasteiger partial charge in [-0.3, -0.25) is 0 Å². The molecule has 0 radical (unpaired) electrons. The van der Waals surface area contributed by atoms with Gasteiger partial charge in [0.15, 0.2) is 0 Å². The summed E-state index contributed by atoms with van der Waals surface area (Å²) < 4.78 is 8.96. The standard InChI is InChI=1S/C22H32N4O2/c1-10-28-21(27)19-13-20(22(7,8)9)26(18(19)6)24-17(5)16(4)23-25-14(2)11-12-15(25)3/h11-13H,10H2,1-9H3. The molecule has 152 valence electrons. The first kappa shape index (κ1) is 21.7. The number of esters is 1. The van der Waals surface area contributed by atoms with Crippen LogP contribution in [-0.4, -0.2) is 33.4 Å². The molecule has 0 saturated heterocycles. The Morgan fingerprint density at radius 3 is 1.96 bits per heavy atom. The predicted molar refractivity (Wildman–Crippen MR) is 115 cm³/mol. The molecule has 0 fully saturated rings. The highest BCUT2D eigenvalue weighted by Gasteiger charge is 2.26. The molecule has 6 heteroatoms. The maximum Gasteiger partial charge on any atom is 0.340 e. The number of carbonyl (C=O) groups excluding carboxylic acids is 1. The largest absolute Gasteiger partial charge is 0.462 e. The predicted octanol–water partition coefficient (Wildman–Crippen LogP) is 4.84. The molecule has 2 aromatic heterocycles. The van der Waals surface area contributed by atoms with Crippen molar-refractivity contribution in [2.75, 3.05) is 6.61 Å². The Labute approximate surface area is 167 Å². The number of rotatable bonds is 5. The van der Waals surface area contributed by atoms with E-state index >= 15 is 0 Å². The van der Waals surface area contributed by atoms with E-state index in [0.717, 1.165) is 34.2 Å². The van der Waals surface area contributed by atoms with Crippen molar-refractivity contribution in [1.29, 1.82) is 0 Å². The minimum absolute atomic E-state index is 0.183. The lowest BCUT2D eigenvalue weighted by molar-refractivity contribution is 0.0525. The first-order valence-electron chi connectivity index (χ1n) is 9.63. The van der Waals surface area contributed by atoms with E-state index in [2.05, 4.69) is 20.8 Å². The zero-order valence-corrected chi connectivity index (χ0v) is 18.5. The van der Waals surface area contributed by atoms with Crippen LogP contribution >= 0.6 is 0 Å². The molecule has 2 heterocycles. The van der Waals surface area contributed by atoms with Gasteiger partial charge in [0.2, 0.25) is 0 Å². The summed E-state index contributed by atoms with van der Waals surface area (Å²) >= 11 is 0. The smallest absolute Gasteiger partial charge is 0.340 e. The molecule has 0 N–H and O–H groups in total. The van der Waals surface area contributed by atoms with Gasteiger partial charge >= 0.3 is 5.97 Å². The zero-order chi connectivity index (χ0) is 21.2. The molecule has 0 atom stereocenters. The maximum atomic E-state index is 12.4. The summed E-state index contributed by atoms with van der Waals surface area (Å²) in [5, 5.41) is 9.51. The quantitative estimate of drug-likeness (QED) is 0.547. The number of aryl methyl sites for hydroxylation is 2. The van der Waals surface area contributed by atoms with Gasteiger partial charge in [0.1, 0.15) is 0 Å². The molecule has 0 bridgehead atoms. The lowest BCUT2D eigenvalue weighted by Crippen LogP contribution is -2.18. The average molecular weight is 385 g/mol. The van der Waals surface area contributed by atoms with E-state index in [1.165, 1.54) is 0 Å². The first-order chi connectivity index (χ1) is 13.0. The van der Waals surface area contributed by atoms with Crippen molar-refractivity contribution in [3.63, 3.8) is 0 Å². The Balaban J connectivity index is 2.55. The molecule has 0 aromatic carbocycles. The number of hydrogen-bond donors (Lipinski definition) is 0. The SMILES string of the molecule is CCOC(=O)c1cc(C(C)(C)C)n(N=C(C)C(C)=Nn2c(C)ccc2C)c1C. The van der Waals surface area contributed by atoms with Crippen LogP contribution in [0.3, 0.4) is 0 Å². The van der Waals surface area contributed by atoms with E-state index in [1.807, 2.05) is 69.1 Å². The minimum Gasteiger partial charge on any atom is -0.462 e. The Morgan fingerprint density at radius 2 is 1.50 bits per heavy atom. The third kappa shape index (κ3) is 4.43. The summed E-state index contributed by atoms with van der Waals surface area (Å²) in [6, 6.07) is 5.97. The molecular weight excluding hydrogens is 352 g/mol. The van der Waals surface area contributed by atoms with Crippen LogP contribution in [0.5, 0.6) is 0 Å². The topological polar surface area (TPSA) is 60.9 Å². The fourth-order valence-corrected chi connectivity index (χ4v) is 2.94. The first-order valence-corrected chi connectivity index (χ1v) is 9.63. The summed E-state index contributed by atoms with van der Waals surface area (Å²) in [6.07, 6.45) is 0. The van der Waals surface area contributed by atoms with Crippen LogP contribution in [-0.2, 0) is 10.2 Å². The summed E-state index contributed by atoms with van der Waals surface area (Å²) in [5.41, 5.74) is 5.83. The molecule has 0 amide bonds. The van der Waals surface area contributed by atoms with Crippen LogP contribution < -0.4 is 0 Å². The Kier molecular flexibility index (Phi) is 6.32. The molecule has 0 saturated carbocycles. The van der Waals surface area contributed by atoms with E-state index in [1.54, 1.807) is 0 Å². The van der Waals surface area contributed by atoms with Crippen molar-refractivity contribution in [2.24, 2.45) is 10.2 Å². The zero-order valence-electron chi connectivity index (χ0n) is 18.5. The van der Waals surface area contributed by atoms with Gasteiger partial charge in [-0.05, 0) is 59.7 Å². The van der Waals surface area contributed by atoms with Crippen LogP contribution in [0.15, 0.2) is 28.4 Å². The lowest BCUT2D eigenvalue weighted by atomic mass is 9.92. The molecule has 2 aromatic rings. The van der Waals surface area contributed by atoms with Gasteiger partial charge in [0.25, 0.3) is 0 Å². The van der Waals surface area contributed by atoms with Gasteiger partial charge in [-0.1, -0.05) is 20.8 Å². The normalized spacial score (nSPS) is 13.2. The molecule has 2 rings (SSSR count). The maximum absolute atomic E-state index is 12.4. The summed E-state index contributed by atoms with van der Waals surface area (Å²) in [7, 11) is 0. The highest BCUT2D eigenvalue weighted by Crippen LogP contribution is 2.28. The van der Waals surface area contributed by atoms with E-state index in [0.29, 0.717) is 12.2 Å². The second kappa shape index (κ2) is 8.17. The van der Waals surface area contributed by atoms with E-state index in [-0.39, 0.29) is 11.4 Å². The Hall–Kier alpha value is -2.63. The van der Waals surface area contributed by atoms with Crippen molar-refractivity contribution in [2.45, 2.75) is 67.7 Å². The molecule has 0 aliphatic heterocycles. The van der Waals surface area contributed by atoms with Crippen molar-refractivity contribution < 1.29 is 9.53 Å². The van der Waals surface area contributed by atoms with Crippen LogP contribution in [0.1, 0.15) is 74.7 Å². The van der Waals surface area contributed by atoms with Crippen LogP contribution in [0.2, 0.25) is 0 Å². The highest BCUT2D eigenvalue weighted by atomic mass is 16.5. The molecule has 6 nitrogen and oxygen atoms in total. The Morgan fingerprint density at radius 1 is 1.00 bits per heavy atom. The monoisotopic (exact) mass is 384 g/mol. The van der Waals surface area contributed by atoms with Crippen molar-refractivity contribution in [1.82, 2.24) is 9.35 Å². The average Bonchev–Trinajstić information content (AvgIpc) is 3.09. The molecular formula is C22H32N4O2. The third-order valence-electron chi connectivity index (χ3n) is 4.74. The number of hydrogen-bond acceptors (Lipinski definition) is 4. The fourth-order valence-electron chi connectivity index (χ4n) is 2.94. The van der Waals surface area contributed by atoms with Crippen LogP contribution in [0.25, 0.3) is 0 Å². The van der Waals surface area contributed by atoms with Crippen molar-refractivity contribution >= 4 is 17.4 Å². The molecule has 0 aliphatic rings. The lowest BCUT2D eigenvalue weighted by Gasteiger charge is -2.20. The second-order valence-corrected chi connectivity index (χ2v) is 8.11. The summed E-state index contributed by atoms with van der Waals surface area (Å²) in [4.78, 5) is 12.4.